The fourth-order valence-corrected chi connectivity index (χ4v) is 2.10. The maximum absolute atomic E-state index is 13.5. The lowest BCUT2D eigenvalue weighted by Gasteiger charge is -2.08. The SMILES string of the molecule is Nc1nc(SCc2ccc(C(F)(F)F)cc2F)n[nH]1. The number of hydrogen-bond donors (Lipinski definition) is 2. The predicted octanol–water partition coefficient (Wildman–Crippen LogP) is 2.84. The number of anilines is 1. The Labute approximate surface area is 109 Å². The van der Waals surface area contributed by atoms with Gasteiger partial charge in [0.05, 0.1) is 5.56 Å². The summed E-state index contributed by atoms with van der Waals surface area (Å²) in [6.45, 7) is 0. The second kappa shape index (κ2) is 5.08. The lowest BCUT2D eigenvalue weighted by molar-refractivity contribution is -0.137. The largest absolute Gasteiger partial charge is 0.416 e. The van der Waals surface area contributed by atoms with Crippen molar-refractivity contribution in [2.24, 2.45) is 0 Å². The van der Waals surface area contributed by atoms with E-state index in [0.717, 1.165) is 23.9 Å². The molecule has 0 aliphatic rings. The third-order valence-electron chi connectivity index (χ3n) is 2.22. The Morgan fingerprint density at radius 1 is 1.32 bits per heavy atom. The number of aromatic amines is 1. The summed E-state index contributed by atoms with van der Waals surface area (Å²) in [7, 11) is 0. The fourth-order valence-electron chi connectivity index (χ4n) is 1.31. The van der Waals surface area contributed by atoms with Crippen LogP contribution in [0.3, 0.4) is 0 Å². The lowest BCUT2D eigenvalue weighted by Crippen LogP contribution is -2.06. The van der Waals surface area contributed by atoms with Crippen LogP contribution in [0.15, 0.2) is 23.4 Å². The van der Waals surface area contributed by atoms with Crippen molar-refractivity contribution in [1.29, 1.82) is 0 Å². The smallest absolute Gasteiger partial charge is 0.368 e. The predicted molar refractivity (Wildman–Crippen MR) is 61.8 cm³/mol. The minimum Gasteiger partial charge on any atom is -0.368 e. The van der Waals surface area contributed by atoms with E-state index in [9.17, 15) is 17.6 Å². The second-order valence-electron chi connectivity index (χ2n) is 3.60. The molecule has 1 aromatic carbocycles. The summed E-state index contributed by atoms with van der Waals surface area (Å²) >= 11 is 1.07. The summed E-state index contributed by atoms with van der Waals surface area (Å²) in [4.78, 5) is 3.78. The number of benzene rings is 1. The minimum absolute atomic E-state index is 0.112. The number of nitrogen functional groups attached to an aromatic ring is 1. The zero-order chi connectivity index (χ0) is 14.0. The highest BCUT2D eigenvalue weighted by atomic mass is 32.2. The topological polar surface area (TPSA) is 67.6 Å². The first kappa shape index (κ1) is 13.7. The summed E-state index contributed by atoms with van der Waals surface area (Å²) in [6.07, 6.45) is -4.55. The first-order chi connectivity index (χ1) is 8.86. The van der Waals surface area contributed by atoms with E-state index in [1.165, 1.54) is 0 Å². The number of aromatic nitrogens is 3. The first-order valence-corrected chi connectivity index (χ1v) is 6.01. The second-order valence-corrected chi connectivity index (χ2v) is 4.54. The minimum atomic E-state index is -4.55. The van der Waals surface area contributed by atoms with E-state index < -0.39 is 17.6 Å². The molecule has 2 aromatic rings. The molecule has 2 rings (SSSR count). The molecule has 0 aliphatic carbocycles. The zero-order valence-electron chi connectivity index (χ0n) is 9.33. The summed E-state index contributed by atoms with van der Waals surface area (Å²) < 4.78 is 50.5. The van der Waals surface area contributed by atoms with Crippen molar-refractivity contribution in [2.75, 3.05) is 5.73 Å². The van der Waals surface area contributed by atoms with Crippen molar-refractivity contribution in [3.05, 3.63) is 35.1 Å². The van der Waals surface area contributed by atoms with Gasteiger partial charge in [-0.25, -0.2) is 9.49 Å². The highest BCUT2D eigenvalue weighted by molar-refractivity contribution is 7.98. The standard InChI is InChI=1S/C10H8F4N4S/c11-7-3-6(10(12,13)14)2-1-5(7)4-19-9-16-8(15)17-18-9/h1-3H,4H2,(H3,15,16,17,18). The number of rotatable bonds is 3. The van der Waals surface area contributed by atoms with Crippen LogP contribution < -0.4 is 5.73 Å². The number of halogens is 4. The maximum atomic E-state index is 13.5. The van der Waals surface area contributed by atoms with Crippen LogP contribution in [0.5, 0.6) is 0 Å². The lowest BCUT2D eigenvalue weighted by atomic mass is 10.1. The van der Waals surface area contributed by atoms with Gasteiger partial charge in [-0.2, -0.15) is 18.2 Å². The number of thioether (sulfide) groups is 1. The van der Waals surface area contributed by atoms with Gasteiger partial charge in [0.2, 0.25) is 11.1 Å². The Balaban J connectivity index is 2.09. The molecule has 1 aromatic heterocycles. The molecule has 0 saturated heterocycles. The van der Waals surface area contributed by atoms with E-state index in [4.69, 9.17) is 5.73 Å². The molecule has 4 nitrogen and oxygen atoms in total. The van der Waals surface area contributed by atoms with Crippen LogP contribution in [-0.2, 0) is 11.9 Å². The van der Waals surface area contributed by atoms with E-state index in [0.29, 0.717) is 11.2 Å². The molecule has 0 saturated carbocycles. The maximum Gasteiger partial charge on any atom is 0.416 e. The number of nitrogens with two attached hydrogens (primary N) is 1. The van der Waals surface area contributed by atoms with Gasteiger partial charge in [-0.05, 0) is 17.7 Å². The molecule has 1 heterocycles. The average molecular weight is 292 g/mol. The molecule has 9 heteroatoms. The van der Waals surface area contributed by atoms with Crippen molar-refractivity contribution < 1.29 is 17.6 Å². The van der Waals surface area contributed by atoms with Gasteiger partial charge in [-0.3, -0.25) is 0 Å². The number of nitrogens with one attached hydrogen (secondary N) is 1. The Kier molecular flexibility index (Phi) is 3.65. The number of hydrogen-bond acceptors (Lipinski definition) is 4. The monoisotopic (exact) mass is 292 g/mol. The van der Waals surface area contributed by atoms with E-state index in [1.807, 2.05) is 0 Å². The van der Waals surface area contributed by atoms with E-state index >= 15 is 0 Å². The molecule has 0 spiro atoms. The highest BCUT2D eigenvalue weighted by Gasteiger charge is 2.31. The third-order valence-corrected chi connectivity index (χ3v) is 3.12. The molecule has 0 unspecified atom stereocenters. The van der Waals surface area contributed by atoms with Crippen LogP contribution in [0.2, 0.25) is 0 Å². The number of alkyl halides is 3. The van der Waals surface area contributed by atoms with Gasteiger partial charge in [-0.15, -0.1) is 5.10 Å². The Hall–Kier alpha value is -1.77. The molecular weight excluding hydrogens is 284 g/mol. The van der Waals surface area contributed by atoms with Gasteiger partial charge < -0.3 is 5.73 Å². The molecule has 3 N–H and O–H groups in total. The molecule has 0 aliphatic heterocycles. The molecule has 0 bridgehead atoms. The molecule has 0 radical (unpaired) electrons. The first-order valence-electron chi connectivity index (χ1n) is 5.02. The van der Waals surface area contributed by atoms with Gasteiger partial charge in [-0.1, -0.05) is 17.8 Å². The van der Waals surface area contributed by atoms with E-state index in [-0.39, 0.29) is 17.3 Å². The summed E-state index contributed by atoms with van der Waals surface area (Å²) in [5.41, 5.74) is 4.43. The van der Waals surface area contributed by atoms with Crippen molar-refractivity contribution in [3.8, 4) is 0 Å². The Morgan fingerprint density at radius 3 is 2.58 bits per heavy atom. The molecule has 19 heavy (non-hydrogen) atoms. The van der Waals surface area contributed by atoms with E-state index in [1.54, 1.807) is 0 Å². The van der Waals surface area contributed by atoms with Gasteiger partial charge in [0.1, 0.15) is 5.82 Å². The van der Waals surface area contributed by atoms with Crippen molar-refractivity contribution >= 4 is 17.7 Å². The zero-order valence-corrected chi connectivity index (χ0v) is 10.1. The van der Waals surface area contributed by atoms with Crippen LogP contribution in [0.1, 0.15) is 11.1 Å². The summed E-state index contributed by atoms with van der Waals surface area (Å²) in [5.74, 6) is -0.678. The molecule has 0 fully saturated rings. The van der Waals surface area contributed by atoms with Gasteiger partial charge >= 0.3 is 6.18 Å². The van der Waals surface area contributed by atoms with Gasteiger partial charge in [0, 0.05) is 5.75 Å². The quantitative estimate of drug-likeness (QED) is 0.674. The third kappa shape index (κ3) is 3.37. The van der Waals surface area contributed by atoms with Crippen molar-refractivity contribution in [2.45, 2.75) is 17.1 Å². The molecule has 0 atom stereocenters. The van der Waals surface area contributed by atoms with Crippen LogP contribution in [0.25, 0.3) is 0 Å². The molecule has 102 valence electrons. The number of nitrogens with zero attached hydrogens (tertiary/aromatic N) is 2. The summed E-state index contributed by atoms with van der Waals surface area (Å²) in [5, 5.41) is 6.42. The van der Waals surface area contributed by atoms with Gasteiger partial charge in [0.25, 0.3) is 0 Å². The molecule has 0 amide bonds. The normalized spacial score (nSPS) is 11.8. The van der Waals surface area contributed by atoms with Crippen LogP contribution in [0.4, 0.5) is 23.5 Å². The van der Waals surface area contributed by atoms with Crippen molar-refractivity contribution in [1.82, 2.24) is 15.2 Å². The van der Waals surface area contributed by atoms with Crippen LogP contribution in [0, 0.1) is 5.82 Å². The highest BCUT2D eigenvalue weighted by Crippen LogP contribution is 2.31. The van der Waals surface area contributed by atoms with Crippen LogP contribution in [-0.4, -0.2) is 15.2 Å². The van der Waals surface area contributed by atoms with Crippen molar-refractivity contribution in [3.63, 3.8) is 0 Å². The molecular formula is C10H8F4N4S. The van der Waals surface area contributed by atoms with Gasteiger partial charge in [0.15, 0.2) is 0 Å². The summed E-state index contributed by atoms with van der Waals surface area (Å²) in [6, 6.07) is 2.41. The number of H-pyrrole nitrogens is 1. The Morgan fingerprint density at radius 2 is 2.05 bits per heavy atom. The fraction of sp³-hybridized carbons (Fsp3) is 0.200. The average Bonchev–Trinajstić information content (AvgIpc) is 2.72. The van der Waals surface area contributed by atoms with Crippen LogP contribution >= 0.6 is 11.8 Å². The van der Waals surface area contributed by atoms with E-state index in [2.05, 4.69) is 15.2 Å². The Bertz CT molecular complexity index is 581.